The summed E-state index contributed by atoms with van der Waals surface area (Å²) in [5.74, 6) is -0.768. The number of amides is 3. The van der Waals surface area contributed by atoms with Crippen molar-refractivity contribution in [2.24, 2.45) is 7.05 Å². The average Bonchev–Trinajstić information content (AvgIpc) is 3.19. The predicted octanol–water partition coefficient (Wildman–Crippen LogP) is 0.720. The number of fused-ring (bicyclic) bond motifs is 1. The van der Waals surface area contributed by atoms with Crippen LogP contribution in [0.4, 0.5) is 0 Å². The molecule has 10 nitrogen and oxygen atoms in total. The minimum absolute atomic E-state index is 0.109. The van der Waals surface area contributed by atoms with Gasteiger partial charge in [-0.15, -0.1) is 0 Å². The molecule has 0 saturated carbocycles. The van der Waals surface area contributed by atoms with Crippen LogP contribution in [0.15, 0.2) is 41.6 Å². The van der Waals surface area contributed by atoms with Crippen LogP contribution in [0.1, 0.15) is 40.0 Å². The van der Waals surface area contributed by atoms with E-state index in [4.69, 9.17) is 0 Å². The van der Waals surface area contributed by atoms with Gasteiger partial charge in [-0.25, -0.2) is 8.42 Å². The number of aromatic nitrogens is 2. The number of benzene rings is 1. The van der Waals surface area contributed by atoms with E-state index in [9.17, 15) is 22.8 Å². The van der Waals surface area contributed by atoms with Gasteiger partial charge in [0.15, 0.2) is 0 Å². The highest BCUT2D eigenvalue weighted by molar-refractivity contribution is 7.89. The Morgan fingerprint density at radius 3 is 2.34 bits per heavy atom. The quantitative estimate of drug-likeness (QED) is 0.589. The summed E-state index contributed by atoms with van der Waals surface area (Å²) in [7, 11) is -1.99. The number of sulfonamides is 1. The van der Waals surface area contributed by atoms with Crippen molar-refractivity contribution in [3.63, 3.8) is 0 Å². The maximum atomic E-state index is 12.8. The molecule has 0 bridgehead atoms. The smallest absolute Gasteiger partial charge is 0.261 e. The number of hydrogen-bond donors (Lipinski definition) is 0. The Labute approximate surface area is 186 Å². The molecule has 32 heavy (non-hydrogen) atoms. The van der Waals surface area contributed by atoms with E-state index in [0.717, 1.165) is 0 Å². The Hall–Kier alpha value is -3.05. The Morgan fingerprint density at radius 2 is 1.72 bits per heavy atom. The summed E-state index contributed by atoms with van der Waals surface area (Å²) in [5, 5.41) is 3.93. The van der Waals surface area contributed by atoms with Crippen LogP contribution in [0.25, 0.3) is 0 Å². The van der Waals surface area contributed by atoms with Gasteiger partial charge in [0, 0.05) is 52.4 Å². The first-order valence-electron chi connectivity index (χ1n) is 10.5. The lowest BCUT2D eigenvalue weighted by Crippen LogP contribution is -2.37. The van der Waals surface area contributed by atoms with Crippen molar-refractivity contribution >= 4 is 27.7 Å². The number of carbonyl (C=O) groups excluding carboxylic acids is 3. The molecule has 4 rings (SSSR count). The van der Waals surface area contributed by atoms with Gasteiger partial charge in [-0.05, 0) is 25.0 Å². The Kier molecular flexibility index (Phi) is 6.11. The van der Waals surface area contributed by atoms with Gasteiger partial charge < -0.3 is 4.90 Å². The molecule has 3 amide bonds. The summed E-state index contributed by atoms with van der Waals surface area (Å²) in [4.78, 5) is 40.5. The lowest BCUT2D eigenvalue weighted by molar-refractivity contribution is -0.131. The maximum absolute atomic E-state index is 12.8. The monoisotopic (exact) mass is 459 g/mol. The highest BCUT2D eigenvalue weighted by atomic mass is 32.2. The van der Waals surface area contributed by atoms with Crippen LogP contribution in [0, 0.1) is 0 Å². The van der Waals surface area contributed by atoms with Crippen molar-refractivity contribution in [1.82, 2.24) is 23.9 Å². The molecule has 0 atom stereocenters. The van der Waals surface area contributed by atoms with Gasteiger partial charge in [0.1, 0.15) is 4.90 Å². The molecule has 1 aromatic carbocycles. The maximum Gasteiger partial charge on any atom is 0.261 e. The van der Waals surface area contributed by atoms with E-state index in [2.05, 4.69) is 5.10 Å². The van der Waals surface area contributed by atoms with Crippen molar-refractivity contribution in [3.8, 4) is 0 Å². The Balaban J connectivity index is 1.30. The summed E-state index contributed by atoms with van der Waals surface area (Å²) in [5.41, 5.74) is 0.789. The van der Waals surface area contributed by atoms with Crippen LogP contribution in [-0.2, 0) is 21.9 Å². The van der Waals surface area contributed by atoms with Gasteiger partial charge in [0.25, 0.3) is 11.8 Å². The fraction of sp³-hybridized carbons (Fsp3) is 0.429. The molecule has 0 aliphatic carbocycles. The third-order valence-electron chi connectivity index (χ3n) is 5.78. The van der Waals surface area contributed by atoms with Gasteiger partial charge in [0.2, 0.25) is 15.9 Å². The lowest BCUT2D eigenvalue weighted by atomic mass is 10.1. The number of imide groups is 1. The second kappa shape index (κ2) is 8.83. The molecule has 2 aromatic rings. The molecular formula is C21H25N5O5S. The second-order valence-corrected chi connectivity index (χ2v) is 9.84. The van der Waals surface area contributed by atoms with Gasteiger partial charge in [-0.3, -0.25) is 24.0 Å². The third kappa shape index (κ3) is 4.17. The zero-order valence-corrected chi connectivity index (χ0v) is 18.6. The fourth-order valence-electron chi connectivity index (χ4n) is 4.05. The Morgan fingerprint density at radius 1 is 1.03 bits per heavy atom. The SMILES string of the molecule is Cn1cc(S(=O)(=O)N2CCCN(C(=O)CCCN3C(=O)c4ccccc4C3=O)CC2)cn1. The Bertz CT molecular complexity index is 1120. The fourth-order valence-corrected chi connectivity index (χ4v) is 5.51. The molecule has 1 aromatic heterocycles. The molecule has 3 heterocycles. The normalized spacial score (nSPS) is 17.5. The van der Waals surface area contributed by atoms with E-state index in [0.29, 0.717) is 43.6 Å². The molecule has 1 saturated heterocycles. The number of aryl methyl sites for hydroxylation is 1. The highest BCUT2D eigenvalue weighted by Gasteiger charge is 2.35. The molecule has 0 radical (unpaired) electrons. The number of rotatable bonds is 6. The minimum Gasteiger partial charge on any atom is -0.341 e. The van der Waals surface area contributed by atoms with Crippen molar-refractivity contribution in [1.29, 1.82) is 0 Å². The van der Waals surface area contributed by atoms with Crippen LogP contribution in [0.3, 0.4) is 0 Å². The minimum atomic E-state index is -3.65. The van der Waals surface area contributed by atoms with E-state index >= 15 is 0 Å². The molecular weight excluding hydrogens is 434 g/mol. The van der Waals surface area contributed by atoms with Crippen molar-refractivity contribution < 1.29 is 22.8 Å². The first-order chi connectivity index (χ1) is 15.3. The number of carbonyl (C=O) groups is 3. The average molecular weight is 460 g/mol. The van der Waals surface area contributed by atoms with E-state index in [1.807, 2.05) is 0 Å². The molecule has 0 N–H and O–H groups in total. The van der Waals surface area contributed by atoms with Gasteiger partial charge >= 0.3 is 0 Å². The highest BCUT2D eigenvalue weighted by Crippen LogP contribution is 2.23. The van der Waals surface area contributed by atoms with E-state index in [-0.39, 0.29) is 42.1 Å². The van der Waals surface area contributed by atoms with Crippen LogP contribution in [0.2, 0.25) is 0 Å². The van der Waals surface area contributed by atoms with Crippen LogP contribution in [0.5, 0.6) is 0 Å². The van der Waals surface area contributed by atoms with Crippen LogP contribution < -0.4 is 0 Å². The summed E-state index contributed by atoms with van der Waals surface area (Å²) in [6.07, 6.45) is 3.86. The third-order valence-corrected chi connectivity index (χ3v) is 7.63. The van der Waals surface area contributed by atoms with Crippen LogP contribution >= 0.6 is 0 Å². The van der Waals surface area contributed by atoms with Gasteiger partial charge in [-0.2, -0.15) is 9.40 Å². The van der Waals surface area contributed by atoms with Crippen molar-refractivity contribution in [3.05, 3.63) is 47.8 Å². The molecule has 11 heteroatoms. The molecule has 2 aliphatic heterocycles. The molecule has 0 unspecified atom stereocenters. The van der Waals surface area contributed by atoms with E-state index < -0.39 is 10.0 Å². The molecule has 0 spiro atoms. The summed E-state index contributed by atoms with van der Waals surface area (Å²) in [6.45, 7) is 1.47. The second-order valence-electron chi connectivity index (χ2n) is 7.90. The van der Waals surface area contributed by atoms with E-state index in [1.54, 1.807) is 36.2 Å². The largest absolute Gasteiger partial charge is 0.341 e. The van der Waals surface area contributed by atoms with E-state index in [1.165, 1.54) is 26.3 Å². The lowest BCUT2D eigenvalue weighted by Gasteiger charge is -2.22. The number of hydrogen-bond acceptors (Lipinski definition) is 6. The standard InChI is InChI=1S/C21H25N5O5S/c1-23-15-16(14-22-23)32(30,31)25-10-5-9-24(12-13-25)19(27)8-4-11-26-20(28)17-6-2-3-7-18(17)21(26)29/h2-3,6-7,14-15H,4-5,8-13H2,1H3. The molecule has 1 fully saturated rings. The van der Waals surface area contributed by atoms with Gasteiger partial charge in [-0.1, -0.05) is 12.1 Å². The summed E-state index contributed by atoms with van der Waals surface area (Å²) >= 11 is 0. The topological polar surface area (TPSA) is 113 Å². The first kappa shape index (κ1) is 22.2. The molecule has 2 aliphatic rings. The van der Waals surface area contributed by atoms with Crippen molar-refractivity contribution in [2.45, 2.75) is 24.2 Å². The first-order valence-corrected chi connectivity index (χ1v) is 11.9. The predicted molar refractivity (Wildman–Crippen MR) is 114 cm³/mol. The van der Waals surface area contributed by atoms with Crippen molar-refractivity contribution in [2.75, 3.05) is 32.7 Å². The summed E-state index contributed by atoms with van der Waals surface area (Å²) < 4.78 is 28.4. The molecule has 170 valence electrons. The summed E-state index contributed by atoms with van der Waals surface area (Å²) in [6, 6.07) is 6.69. The number of nitrogens with zero attached hydrogens (tertiary/aromatic N) is 5. The van der Waals surface area contributed by atoms with Gasteiger partial charge in [0.05, 0.1) is 17.3 Å². The van der Waals surface area contributed by atoms with Crippen LogP contribution in [-0.4, -0.2) is 82.7 Å². The zero-order valence-electron chi connectivity index (χ0n) is 17.8. The zero-order chi connectivity index (χ0) is 22.9.